The van der Waals surface area contributed by atoms with Crippen LogP contribution in [0, 0.1) is 5.92 Å². The van der Waals surface area contributed by atoms with Gasteiger partial charge in [-0.1, -0.05) is 6.92 Å². The third kappa shape index (κ3) is 5.24. The van der Waals surface area contributed by atoms with Crippen molar-refractivity contribution in [2.45, 2.75) is 32.7 Å². The van der Waals surface area contributed by atoms with E-state index in [1.807, 2.05) is 20.8 Å². The van der Waals surface area contributed by atoms with Crippen LogP contribution in [0.1, 0.15) is 27.2 Å². The van der Waals surface area contributed by atoms with Crippen molar-refractivity contribution in [3.63, 3.8) is 0 Å². The zero-order chi connectivity index (χ0) is 9.78. The van der Waals surface area contributed by atoms with Gasteiger partial charge in [0.2, 0.25) is 0 Å². The molecule has 0 aliphatic rings. The van der Waals surface area contributed by atoms with Crippen LogP contribution in [0.2, 0.25) is 0 Å². The van der Waals surface area contributed by atoms with E-state index in [1.165, 1.54) is 0 Å². The van der Waals surface area contributed by atoms with Crippen molar-refractivity contribution < 1.29 is 9.90 Å². The molecule has 0 radical (unpaired) electrons. The Balaban J connectivity index is 3.94. The number of hydrogen-bond acceptors (Lipinski definition) is 1. The number of halogens is 1. The average Bonchev–Trinajstić information content (AvgIpc) is 1.83. The lowest BCUT2D eigenvalue weighted by atomic mass is 9.93. The van der Waals surface area contributed by atoms with Crippen molar-refractivity contribution in [3.05, 3.63) is 0 Å². The molecule has 0 aliphatic carbocycles. The Kier molecular flexibility index (Phi) is 4.39. The topological polar surface area (TPSA) is 49.3 Å². The molecule has 0 fully saturated rings. The largest absolute Gasteiger partial charge is 0.465 e. The summed E-state index contributed by atoms with van der Waals surface area (Å²) in [7, 11) is 0. The standard InChI is InChI=1S/C8H16ClNO2/c1-6(5-9)4-8(2,3)10-7(11)12/h6,10H,4-5H2,1-3H3,(H,11,12)/t6-/m0/s1. The van der Waals surface area contributed by atoms with Crippen LogP contribution in [0.4, 0.5) is 4.79 Å². The molecule has 4 heteroatoms. The van der Waals surface area contributed by atoms with E-state index in [0.717, 1.165) is 6.42 Å². The molecule has 0 aliphatic heterocycles. The highest BCUT2D eigenvalue weighted by molar-refractivity contribution is 6.18. The number of carboxylic acid groups (broad SMARTS) is 1. The molecule has 0 heterocycles. The van der Waals surface area contributed by atoms with E-state index in [0.29, 0.717) is 11.8 Å². The minimum absolute atomic E-state index is 0.327. The smallest absolute Gasteiger partial charge is 0.405 e. The Labute approximate surface area is 78.1 Å². The molecule has 1 atom stereocenters. The number of hydrogen-bond donors (Lipinski definition) is 2. The van der Waals surface area contributed by atoms with Crippen LogP contribution in [-0.4, -0.2) is 22.6 Å². The quantitative estimate of drug-likeness (QED) is 0.674. The maximum Gasteiger partial charge on any atom is 0.405 e. The minimum atomic E-state index is -0.984. The van der Waals surface area contributed by atoms with E-state index >= 15 is 0 Å². The number of alkyl halides is 1. The maximum atomic E-state index is 10.3. The molecule has 0 aromatic heterocycles. The summed E-state index contributed by atoms with van der Waals surface area (Å²) in [6.45, 7) is 5.70. The van der Waals surface area contributed by atoms with Crippen molar-refractivity contribution in [2.24, 2.45) is 5.92 Å². The Morgan fingerprint density at radius 1 is 1.67 bits per heavy atom. The summed E-state index contributed by atoms with van der Waals surface area (Å²) in [6, 6.07) is 0. The highest BCUT2D eigenvalue weighted by Crippen LogP contribution is 2.16. The lowest BCUT2D eigenvalue weighted by Crippen LogP contribution is -2.43. The molecule has 0 bridgehead atoms. The summed E-state index contributed by atoms with van der Waals surface area (Å²) in [6.07, 6.45) is -0.232. The fourth-order valence-corrected chi connectivity index (χ4v) is 1.38. The predicted molar refractivity (Wildman–Crippen MR) is 49.7 cm³/mol. The second kappa shape index (κ2) is 4.55. The Morgan fingerprint density at radius 2 is 2.17 bits per heavy atom. The van der Waals surface area contributed by atoms with Crippen LogP contribution >= 0.6 is 11.6 Å². The summed E-state index contributed by atoms with van der Waals surface area (Å²) in [4.78, 5) is 10.3. The van der Waals surface area contributed by atoms with Crippen LogP contribution < -0.4 is 5.32 Å². The zero-order valence-corrected chi connectivity index (χ0v) is 8.48. The third-order valence-corrected chi connectivity index (χ3v) is 2.09. The Hall–Kier alpha value is -0.440. The number of amides is 1. The lowest BCUT2D eigenvalue weighted by molar-refractivity contribution is 0.178. The molecule has 0 spiro atoms. The van der Waals surface area contributed by atoms with Crippen molar-refractivity contribution in [1.29, 1.82) is 0 Å². The molecule has 0 aromatic carbocycles. The van der Waals surface area contributed by atoms with Crippen molar-refractivity contribution >= 4 is 17.7 Å². The molecule has 12 heavy (non-hydrogen) atoms. The fourth-order valence-electron chi connectivity index (χ4n) is 1.27. The lowest BCUT2D eigenvalue weighted by Gasteiger charge is -2.26. The van der Waals surface area contributed by atoms with Gasteiger partial charge in [0.05, 0.1) is 0 Å². The Bertz CT molecular complexity index is 159. The number of carbonyl (C=O) groups is 1. The SMILES string of the molecule is C[C@H](CCl)CC(C)(C)NC(=O)O. The molecule has 0 unspecified atom stereocenters. The van der Waals surface area contributed by atoms with Crippen LogP contribution in [0.5, 0.6) is 0 Å². The molecule has 0 aromatic rings. The summed E-state index contributed by atoms with van der Waals surface area (Å²) >= 11 is 5.62. The molecule has 3 nitrogen and oxygen atoms in total. The van der Waals surface area contributed by atoms with Crippen LogP contribution in [0.25, 0.3) is 0 Å². The number of rotatable bonds is 4. The van der Waals surface area contributed by atoms with Crippen LogP contribution in [0.3, 0.4) is 0 Å². The van der Waals surface area contributed by atoms with Crippen LogP contribution in [0.15, 0.2) is 0 Å². The molecule has 72 valence electrons. The van der Waals surface area contributed by atoms with Gasteiger partial charge in [-0.2, -0.15) is 0 Å². The summed E-state index contributed by atoms with van der Waals surface area (Å²) in [5.41, 5.74) is -0.389. The minimum Gasteiger partial charge on any atom is -0.465 e. The van der Waals surface area contributed by atoms with Gasteiger partial charge in [-0.3, -0.25) is 0 Å². The highest BCUT2D eigenvalue weighted by atomic mass is 35.5. The average molecular weight is 194 g/mol. The van der Waals surface area contributed by atoms with Gasteiger partial charge in [-0.05, 0) is 26.2 Å². The van der Waals surface area contributed by atoms with E-state index in [1.54, 1.807) is 0 Å². The van der Waals surface area contributed by atoms with Gasteiger partial charge in [-0.25, -0.2) is 4.79 Å². The van der Waals surface area contributed by atoms with Crippen LogP contribution in [-0.2, 0) is 0 Å². The van der Waals surface area contributed by atoms with E-state index in [-0.39, 0.29) is 5.54 Å². The molecule has 2 N–H and O–H groups in total. The Morgan fingerprint density at radius 3 is 2.50 bits per heavy atom. The summed E-state index contributed by atoms with van der Waals surface area (Å²) in [5, 5.41) is 10.9. The van der Waals surface area contributed by atoms with E-state index < -0.39 is 6.09 Å². The second-order valence-electron chi connectivity index (χ2n) is 3.78. The van der Waals surface area contributed by atoms with Gasteiger partial charge in [0.15, 0.2) is 0 Å². The predicted octanol–water partition coefficient (Wildman–Crippen LogP) is 2.30. The maximum absolute atomic E-state index is 10.3. The molecule has 0 rings (SSSR count). The van der Waals surface area contributed by atoms with Gasteiger partial charge < -0.3 is 10.4 Å². The molecule has 1 amide bonds. The summed E-state index contributed by atoms with van der Waals surface area (Å²) < 4.78 is 0. The highest BCUT2D eigenvalue weighted by Gasteiger charge is 2.22. The van der Waals surface area contributed by atoms with Gasteiger partial charge in [0, 0.05) is 11.4 Å². The van der Waals surface area contributed by atoms with Crippen molar-refractivity contribution in [1.82, 2.24) is 5.32 Å². The first-order valence-electron chi connectivity index (χ1n) is 3.94. The van der Waals surface area contributed by atoms with Crippen molar-refractivity contribution in [3.8, 4) is 0 Å². The molecule has 0 saturated heterocycles. The van der Waals surface area contributed by atoms with Gasteiger partial charge >= 0.3 is 6.09 Å². The van der Waals surface area contributed by atoms with E-state index in [4.69, 9.17) is 16.7 Å². The summed E-state index contributed by atoms with van der Waals surface area (Å²) in [5.74, 6) is 0.888. The second-order valence-corrected chi connectivity index (χ2v) is 4.09. The molecular formula is C8H16ClNO2. The van der Waals surface area contributed by atoms with Gasteiger partial charge in [-0.15, -0.1) is 11.6 Å². The first-order valence-corrected chi connectivity index (χ1v) is 4.48. The fraction of sp³-hybridized carbons (Fsp3) is 0.875. The van der Waals surface area contributed by atoms with E-state index in [2.05, 4.69) is 5.32 Å². The molecule has 0 saturated carbocycles. The van der Waals surface area contributed by atoms with E-state index in [9.17, 15) is 4.79 Å². The third-order valence-electron chi connectivity index (χ3n) is 1.57. The van der Waals surface area contributed by atoms with Crippen molar-refractivity contribution in [2.75, 3.05) is 5.88 Å². The first-order chi connectivity index (χ1) is 5.37. The zero-order valence-electron chi connectivity index (χ0n) is 7.72. The molecular weight excluding hydrogens is 178 g/mol. The van der Waals surface area contributed by atoms with Gasteiger partial charge in [0.1, 0.15) is 0 Å². The van der Waals surface area contributed by atoms with Gasteiger partial charge in [0.25, 0.3) is 0 Å². The normalized spacial score (nSPS) is 14.0. The first kappa shape index (κ1) is 11.6. The number of nitrogens with one attached hydrogen (secondary N) is 1. The monoisotopic (exact) mass is 193 g/mol.